The molecule has 0 aromatic carbocycles. The van der Waals surface area contributed by atoms with Gasteiger partial charge < -0.3 is 25.8 Å². The van der Waals surface area contributed by atoms with Gasteiger partial charge in [0.15, 0.2) is 0 Å². The molecular weight excluding hydrogens is 278 g/mol. The molecule has 0 saturated heterocycles. The fourth-order valence-electron chi connectivity index (χ4n) is 1.23. The number of amides is 3. The maximum absolute atomic E-state index is 11.6. The van der Waals surface area contributed by atoms with Crippen molar-refractivity contribution in [2.75, 3.05) is 6.54 Å². The van der Waals surface area contributed by atoms with Gasteiger partial charge in [0, 0.05) is 5.54 Å². The third-order valence-corrected chi connectivity index (χ3v) is 1.94. The van der Waals surface area contributed by atoms with Crippen molar-refractivity contribution in [3.05, 3.63) is 0 Å². The van der Waals surface area contributed by atoms with Gasteiger partial charge in [-0.2, -0.15) is 0 Å². The predicted octanol–water partition coefficient (Wildman–Crippen LogP) is 1.06. The van der Waals surface area contributed by atoms with Crippen molar-refractivity contribution in [3.63, 3.8) is 0 Å². The first-order chi connectivity index (χ1) is 9.30. The van der Waals surface area contributed by atoms with Gasteiger partial charge in [-0.15, -0.1) is 0 Å². The van der Waals surface area contributed by atoms with E-state index in [4.69, 9.17) is 9.84 Å². The average molecular weight is 303 g/mol. The fraction of sp³-hybridized carbons (Fsp3) is 0.769. The standard InChI is InChI=1S/C13H25N3O5/c1-12(2,3)16-10(19)15-8(9(17)18)7-14-11(20)21-13(4,5)6/h8H,7H2,1-6H3,(H,14,20)(H,17,18)(H2,15,16,19)/t8-/m0/s1. The number of nitrogens with one attached hydrogen (secondary N) is 3. The zero-order chi connectivity index (χ0) is 16.8. The molecule has 0 aliphatic carbocycles. The summed E-state index contributed by atoms with van der Waals surface area (Å²) in [6.45, 7) is 10.1. The number of carboxylic acids is 1. The zero-order valence-electron chi connectivity index (χ0n) is 13.4. The van der Waals surface area contributed by atoms with E-state index in [1.165, 1.54) is 0 Å². The minimum absolute atomic E-state index is 0.276. The van der Waals surface area contributed by atoms with Gasteiger partial charge in [-0.1, -0.05) is 0 Å². The van der Waals surface area contributed by atoms with Crippen LogP contribution >= 0.6 is 0 Å². The summed E-state index contributed by atoms with van der Waals surface area (Å²) in [5.41, 5.74) is -1.18. The molecule has 0 rings (SSSR count). The summed E-state index contributed by atoms with van der Waals surface area (Å²) in [5.74, 6) is -1.25. The summed E-state index contributed by atoms with van der Waals surface area (Å²) in [5, 5.41) is 16.2. The highest BCUT2D eigenvalue weighted by Crippen LogP contribution is 2.06. The van der Waals surface area contributed by atoms with Crippen molar-refractivity contribution in [3.8, 4) is 0 Å². The summed E-state index contributed by atoms with van der Waals surface area (Å²) in [6, 6.07) is -1.87. The quantitative estimate of drug-likeness (QED) is 0.619. The number of alkyl carbamates (subject to hydrolysis) is 1. The van der Waals surface area contributed by atoms with Crippen molar-refractivity contribution in [2.45, 2.75) is 58.7 Å². The monoisotopic (exact) mass is 303 g/mol. The molecule has 0 fully saturated rings. The number of hydrogen-bond donors (Lipinski definition) is 4. The van der Waals surface area contributed by atoms with Crippen LogP contribution < -0.4 is 16.0 Å². The highest BCUT2D eigenvalue weighted by molar-refractivity contribution is 5.83. The molecule has 0 aromatic heterocycles. The Bertz CT molecular complexity index is 396. The van der Waals surface area contributed by atoms with Crippen LogP contribution in [0.3, 0.4) is 0 Å². The van der Waals surface area contributed by atoms with E-state index in [0.29, 0.717) is 0 Å². The third kappa shape index (κ3) is 10.5. The largest absolute Gasteiger partial charge is 0.480 e. The number of aliphatic carboxylic acids is 1. The number of carboxylic acid groups (broad SMARTS) is 1. The normalized spacial score (nSPS) is 13.0. The van der Waals surface area contributed by atoms with Crippen LogP contribution in [0.1, 0.15) is 41.5 Å². The zero-order valence-corrected chi connectivity index (χ0v) is 13.4. The lowest BCUT2D eigenvalue weighted by molar-refractivity contribution is -0.139. The Morgan fingerprint density at radius 3 is 2.00 bits per heavy atom. The molecule has 0 saturated carbocycles. The molecule has 4 N–H and O–H groups in total. The number of carbonyl (C=O) groups is 3. The Morgan fingerprint density at radius 1 is 1.10 bits per heavy atom. The Labute approximate surface area is 124 Å². The molecular formula is C13H25N3O5. The lowest BCUT2D eigenvalue weighted by atomic mass is 10.1. The summed E-state index contributed by atoms with van der Waals surface area (Å²) < 4.78 is 4.98. The summed E-state index contributed by atoms with van der Waals surface area (Å²) in [4.78, 5) is 34.1. The molecule has 0 radical (unpaired) electrons. The molecule has 0 aliphatic rings. The number of urea groups is 1. The second-order valence-corrected chi connectivity index (χ2v) is 6.62. The predicted molar refractivity (Wildman–Crippen MR) is 77.1 cm³/mol. The van der Waals surface area contributed by atoms with Gasteiger partial charge in [-0.05, 0) is 41.5 Å². The molecule has 0 aromatic rings. The molecule has 8 heteroatoms. The van der Waals surface area contributed by atoms with E-state index in [2.05, 4.69) is 16.0 Å². The van der Waals surface area contributed by atoms with E-state index < -0.39 is 35.3 Å². The van der Waals surface area contributed by atoms with Crippen molar-refractivity contribution in [1.29, 1.82) is 0 Å². The van der Waals surface area contributed by atoms with Crippen LogP contribution in [0, 0.1) is 0 Å². The smallest absolute Gasteiger partial charge is 0.407 e. The molecule has 0 aliphatic heterocycles. The lowest BCUT2D eigenvalue weighted by Crippen LogP contribution is -2.55. The molecule has 3 amide bonds. The fourth-order valence-corrected chi connectivity index (χ4v) is 1.23. The number of rotatable bonds is 4. The summed E-state index contributed by atoms with van der Waals surface area (Å²) in [6.07, 6.45) is -0.744. The van der Waals surface area contributed by atoms with Crippen molar-refractivity contribution < 1.29 is 24.2 Å². The van der Waals surface area contributed by atoms with Gasteiger partial charge in [0.25, 0.3) is 0 Å². The van der Waals surface area contributed by atoms with E-state index in [9.17, 15) is 14.4 Å². The number of ether oxygens (including phenoxy) is 1. The van der Waals surface area contributed by atoms with Crippen LogP contribution in [0.25, 0.3) is 0 Å². The van der Waals surface area contributed by atoms with E-state index in [1.807, 2.05) is 0 Å². The Hall–Kier alpha value is -1.99. The van der Waals surface area contributed by atoms with Crippen LogP contribution in [0.2, 0.25) is 0 Å². The van der Waals surface area contributed by atoms with Gasteiger partial charge in [-0.3, -0.25) is 0 Å². The Morgan fingerprint density at radius 2 is 1.62 bits per heavy atom. The van der Waals surface area contributed by atoms with E-state index in [0.717, 1.165) is 0 Å². The second kappa shape index (κ2) is 7.14. The topological polar surface area (TPSA) is 117 Å². The summed E-state index contributed by atoms with van der Waals surface area (Å²) >= 11 is 0. The second-order valence-electron chi connectivity index (χ2n) is 6.62. The van der Waals surface area contributed by atoms with E-state index in [1.54, 1.807) is 41.5 Å². The van der Waals surface area contributed by atoms with E-state index >= 15 is 0 Å². The molecule has 1 atom stereocenters. The van der Waals surface area contributed by atoms with Crippen molar-refractivity contribution >= 4 is 18.1 Å². The van der Waals surface area contributed by atoms with Gasteiger partial charge in [0.2, 0.25) is 0 Å². The SMILES string of the molecule is CC(C)(C)NC(=O)N[C@@H](CNC(=O)OC(C)(C)C)C(=O)O. The highest BCUT2D eigenvalue weighted by atomic mass is 16.6. The molecule has 21 heavy (non-hydrogen) atoms. The number of carbonyl (C=O) groups excluding carboxylic acids is 2. The molecule has 8 nitrogen and oxygen atoms in total. The maximum Gasteiger partial charge on any atom is 0.407 e. The number of hydrogen-bond acceptors (Lipinski definition) is 4. The minimum atomic E-state index is -1.25. The van der Waals surface area contributed by atoms with Gasteiger partial charge >= 0.3 is 18.1 Å². The van der Waals surface area contributed by atoms with Gasteiger partial charge in [0.1, 0.15) is 11.6 Å². The van der Waals surface area contributed by atoms with Crippen LogP contribution in [0.4, 0.5) is 9.59 Å². The lowest BCUT2D eigenvalue weighted by Gasteiger charge is -2.24. The summed E-state index contributed by atoms with van der Waals surface area (Å²) in [7, 11) is 0. The maximum atomic E-state index is 11.6. The molecule has 122 valence electrons. The molecule has 0 spiro atoms. The molecule has 0 bridgehead atoms. The minimum Gasteiger partial charge on any atom is -0.480 e. The average Bonchev–Trinajstić information content (AvgIpc) is 2.18. The van der Waals surface area contributed by atoms with Crippen LogP contribution in [0.5, 0.6) is 0 Å². The van der Waals surface area contributed by atoms with E-state index in [-0.39, 0.29) is 6.54 Å². The van der Waals surface area contributed by atoms with Crippen LogP contribution in [0.15, 0.2) is 0 Å². The van der Waals surface area contributed by atoms with Crippen molar-refractivity contribution in [1.82, 2.24) is 16.0 Å². The molecule has 0 unspecified atom stereocenters. The molecule has 0 heterocycles. The van der Waals surface area contributed by atoms with Crippen molar-refractivity contribution in [2.24, 2.45) is 0 Å². The van der Waals surface area contributed by atoms with Crippen LogP contribution in [-0.4, -0.2) is 46.9 Å². The van der Waals surface area contributed by atoms with Gasteiger partial charge in [-0.25, -0.2) is 14.4 Å². The highest BCUT2D eigenvalue weighted by Gasteiger charge is 2.24. The Balaban J connectivity index is 4.42. The third-order valence-electron chi connectivity index (χ3n) is 1.94. The first kappa shape index (κ1) is 19.0. The first-order valence-electron chi connectivity index (χ1n) is 6.58. The first-order valence-corrected chi connectivity index (χ1v) is 6.58. The Kier molecular flexibility index (Phi) is 6.47. The van der Waals surface area contributed by atoms with Gasteiger partial charge in [0.05, 0.1) is 6.54 Å². The van der Waals surface area contributed by atoms with Crippen LogP contribution in [-0.2, 0) is 9.53 Å².